The summed E-state index contributed by atoms with van der Waals surface area (Å²) < 4.78 is 40.2. The van der Waals surface area contributed by atoms with Crippen molar-refractivity contribution in [3.8, 4) is 22.6 Å². The van der Waals surface area contributed by atoms with Crippen LogP contribution in [-0.2, 0) is 13.2 Å². The van der Waals surface area contributed by atoms with E-state index in [9.17, 15) is 18.0 Å². The Kier molecular flexibility index (Phi) is 3.83. The molecule has 27 heavy (non-hydrogen) atoms. The fourth-order valence-electron chi connectivity index (χ4n) is 2.98. The summed E-state index contributed by atoms with van der Waals surface area (Å²) in [7, 11) is 1.44. The highest BCUT2D eigenvalue weighted by atomic mass is 19.4. The van der Waals surface area contributed by atoms with Gasteiger partial charge in [-0.1, -0.05) is 36.4 Å². The second-order valence-corrected chi connectivity index (χ2v) is 6.01. The van der Waals surface area contributed by atoms with Gasteiger partial charge in [0.15, 0.2) is 5.69 Å². The number of H-pyrrole nitrogens is 1. The molecule has 8 heteroatoms. The van der Waals surface area contributed by atoms with E-state index in [1.807, 2.05) is 0 Å². The first kappa shape index (κ1) is 17.0. The van der Waals surface area contributed by atoms with Gasteiger partial charge in [0.1, 0.15) is 5.82 Å². The maximum absolute atomic E-state index is 13.0. The van der Waals surface area contributed by atoms with Crippen molar-refractivity contribution in [2.24, 2.45) is 7.05 Å². The van der Waals surface area contributed by atoms with Gasteiger partial charge < -0.3 is 4.98 Å². The average Bonchev–Trinajstić information content (AvgIpc) is 3.04. The Hall–Kier alpha value is -3.42. The zero-order valence-electron chi connectivity index (χ0n) is 14.1. The van der Waals surface area contributed by atoms with E-state index in [1.54, 1.807) is 48.5 Å². The molecule has 5 nitrogen and oxygen atoms in total. The highest BCUT2D eigenvalue weighted by Crippen LogP contribution is 2.34. The van der Waals surface area contributed by atoms with Crippen LogP contribution in [0.2, 0.25) is 0 Å². The van der Waals surface area contributed by atoms with Crippen molar-refractivity contribution < 1.29 is 13.2 Å². The number of nitrogens with one attached hydrogen (secondary N) is 1. The molecule has 0 spiro atoms. The average molecular weight is 370 g/mol. The lowest BCUT2D eigenvalue weighted by atomic mass is 10.0. The van der Waals surface area contributed by atoms with Crippen LogP contribution in [0.4, 0.5) is 13.2 Å². The van der Waals surface area contributed by atoms with Crippen LogP contribution in [0.3, 0.4) is 0 Å². The van der Waals surface area contributed by atoms with E-state index in [1.165, 1.54) is 11.7 Å². The topological polar surface area (TPSA) is 63.6 Å². The zero-order valence-corrected chi connectivity index (χ0v) is 14.1. The smallest absolute Gasteiger partial charge is 0.306 e. The minimum atomic E-state index is -4.54. The molecule has 2 aromatic heterocycles. The molecular weight excluding hydrogens is 357 g/mol. The predicted octanol–water partition coefficient (Wildman–Crippen LogP) is 4.01. The van der Waals surface area contributed by atoms with Gasteiger partial charge in [-0.05, 0) is 18.2 Å². The van der Waals surface area contributed by atoms with Crippen molar-refractivity contribution in [1.29, 1.82) is 0 Å². The van der Waals surface area contributed by atoms with Crippen LogP contribution in [0, 0.1) is 0 Å². The number of hydrogen-bond donors (Lipinski definition) is 1. The maximum Gasteiger partial charge on any atom is 0.435 e. The van der Waals surface area contributed by atoms with Crippen LogP contribution >= 0.6 is 0 Å². The summed E-state index contributed by atoms with van der Waals surface area (Å²) in [4.78, 5) is 19.5. The Bertz CT molecular complexity index is 1210. The molecule has 0 saturated carbocycles. The minimum Gasteiger partial charge on any atom is -0.306 e. The first-order valence-electron chi connectivity index (χ1n) is 8.04. The van der Waals surface area contributed by atoms with Crippen molar-refractivity contribution in [1.82, 2.24) is 19.7 Å². The third-order valence-electron chi connectivity index (χ3n) is 4.24. The summed E-state index contributed by atoms with van der Waals surface area (Å²) in [6.07, 6.45) is -4.54. The van der Waals surface area contributed by atoms with Crippen molar-refractivity contribution in [3.63, 3.8) is 0 Å². The maximum atomic E-state index is 13.0. The number of halogens is 3. The molecule has 0 aliphatic rings. The molecule has 0 fully saturated rings. The Morgan fingerprint density at radius 3 is 2.37 bits per heavy atom. The number of aromatic nitrogens is 4. The zero-order chi connectivity index (χ0) is 19.2. The number of hydrogen-bond acceptors (Lipinski definition) is 3. The molecule has 1 N–H and O–H groups in total. The fraction of sp³-hybridized carbons (Fsp3) is 0.105. The lowest BCUT2D eigenvalue weighted by Crippen LogP contribution is -2.10. The third-order valence-corrected chi connectivity index (χ3v) is 4.24. The number of aryl methyl sites for hydroxylation is 1. The van der Waals surface area contributed by atoms with Crippen LogP contribution in [0.5, 0.6) is 0 Å². The summed E-state index contributed by atoms with van der Waals surface area (Å²) in [6.45, 7) is 0. The molecule has 0 aliphatic carbocycles. The van der Waals surface area contributed by atoms with E-state index in [0.717, 1.165) is 6.07 Å². The number of fused-ring (bicyclic) bond motifs is 1. The molecule has 0 saturated heterocycles. The lowest BCUT2D eigenvalue weighted by molar-refractivity contribution is -0.141. The molecule has 136 valence electrons. The van der Waals surface area contributed by atoms with E-state index in [4.69, 9.17) is 0 Å². The van der Waals surface area contributed by atoms with Crippen LogP contribution in [0.15, 0.2) is 59.4 Å². The van der Waals surface area contributed by atoms with Crippen LogP contribution in [-0.4, -0.2) is 19.7 Å². The van der Waals surface area contributed by atoms with Crippen molar-refractivity contribution >= 4 is 10.9 Å². The minimum absolute atomic E-state index is 0.272. The molecule has 0 amide bonds. The molecule has 4 aromatic rings. The molecule has 2 heterocycles. The van der Waals surface area contributed by atoms with Crippen molar-refractivity contribution in [2.75, 3.05) is 0 Å². The molecule has 0 bridgehead atoms. The SMILES string of the molecule is Cn1nc(C(F)(F)F)cc1-c1ccccc1-c1nc2ccccc2c(=O)[nH]1. The number of benzene rings is 2. The van der Waals surface area contributed by atoms with Gasteiger partial charge in [-0.3, -0.25) is 9.48 Å². The Morgan fingerprint density at radius 1 is 1.00 bits per heavy atom. The summed E-state index contributed by atoms with van der Waals surface area (Å²) in [5.74, 6) is 0.282. The molecule has 4 rings (SSSR count). The second kappa shape index (κ2) is 6.08. The van der Waals surface area contributed by atoms with E-state index in [0.29, 0.717) is 22.0 Å². The summed E-state index contributed by atoms with van der Waals surface area (Å²) in [5.41, 5.74) is 0.487. The molecular formula is C19H13F3N4O. The summed E-state index contributed by atoms with van der Waals surface area (Å²) >= 11 is 0. The Morgan fingerprint density at radius 2 is 1.67 bits per heavy atom. The standard InChI is InChI=1S/C19H13F3N4O/c1-26-15(10-16(25-26)19(20,21)22)11-6-2-3-7-12(11)17-23-14-9-5-4-8-13(14)18(27)24-17/h2-10H,1H3,(H,23,24,27). The fourth-order valence-corrected chi connectivity index (χ4v) is 2.98. The number of rotatable bonds is 2. The number of alkyl halides is 3. The molecule has 0 radical (unpaired) electrons. The van der Waals surface area contributed by atoms with Gasteiger partial charge in [0.2, 0.25) is 0 Å². The highest BCUT2D eigenvalue weighted by Gasteiger charge is 2.35. The van der Waals surface area contributed by atoms with Gasteiger partial charge in [-0.2, -0.15) is 18.3 Å². The normalized spacial score (nSPS) is 11.9. The molecule has 0 atom stereocenters. The van der Waals surface area contributed by atoms with Gasteiger partial charge in [0.25, 0.3) is 5.56 Å². The van der Waals surface area contributed by atoms with Crippen molar-refractivity contribution in [3.05, 3.63) is 70.6 Å². The first-order chi connectivity index (χ1) is 12.8. The Labute approximate surface area is 151 Å². The van der Waals surface area contributed by atoms with Gasteiger partial charge in [-0.15, -0.1) is 0 Å². The van der Waals surface area contributed by atoms with E-state index >= 15 is 0 Å². The number of para-hydroxylation sites is 1. The van der Waals surface area contributed by atoms with Crippen molar-refractivity contribution in [2.45, 2.75) is 6.18 Å². The second-order valence-electron chi connectivity index (χ2n) is 6.01. The van der Waals surface area contributed by atoms with E-state index in [-0.39, 0.29) is 17.1 Å². The molecule has 0 aliphatic heterocycles. The predicted molar refractivity (Wildman–Crippen MR) is 95.0 cm³/mol. The summed E-state index contributed by atoms with van der Waals surface area (Å²) in [5, 5.41) is 4.00. The Balaban J connectivity index is 1.93. The quantitative estimate of drug-likeness (QED) is 0.580. The summed E-state index contributed by atoms with van der Waals surface area (Å²) in [6, 6.07) is 14.7. The molecule has 0 unspecified atom stereocenters. The van der Waals surface area contributed by atoms with Gasteiger partial charge >= 0.3 is 6.18 Å². The highest BCUT2D eigenvalue weighted by molar-refractivity contribution is 5.83. The van der Waals surface area contributed by atoms with Gasteiger partial charge in [0.05, 0.1) is 16.6 Å². The van der Waals surface area contributed by atoms with Crippen LogP contribution in [0.1, 0.15) is 5.69 Å². The van der Waals surface area contributed by atoms with E-state index < -0.39 is 11.9 Å². The number of aromatic amines is 1. The first-order valence-corrected chi connectivity index (χ1v) is 8.04. The van der Waals surface area contributed by atoms with Gasteiger partial charge in [-0.25, -0.2) is 4.98 Å². The van der Waals surface area contributed by atoms with Gasteiger partial charge in [0, 0.05) is 18.2 Å². The van der Waals surface area contributed by atoms with Crippen LogP contribution < -0.4 is 5.56 Å². The monoisotopic (exact) mass is 370 g/mol. The largest absolute Gasteiger partial charge is 0.435 e. The number of nitrogens with zero attached hydrogens (tertiary/aromatic N) is 3. The molecule has 2 aromatic carbocycles. The lowest BCUT2D eigenvalue weighted by Gasteiger charge is -2.10. The van der Waals surface area contributed by atoms with E-state index in [2.05, 4.69) is 15.1 Å². The van der Waals surface area contributed by atoms with Crippen LogP contribution in [0.25, 0.3) is 33.5 Å². The third kappa shape index (κ3) is 2.99.